The van der Waals surface area contributed by atoms with Crippen LogP contribution in [0.5, 0.6) is 0 Å². The fourth-order valence-corrected chi connectivity index (χ4v) is 2.94. The lowest BCUT2D eigenvalue weighted by atomic mass is 10.2. The van der Waals surface area contributed by atoms with E-state index in [9.17, 15) is 18.7 Å². The van der Waals surface area contributed by atoms with E-state index in [0.29, 0.717) is 10.2 Å². The highest BCUT2D eigenvalue weighted by Gasteiger charge is 2.39. The summed E-state index contributed by atoms with van der Waals surface area (Å²) in [7, 11) is -3.27. The molecule has 112 valence electrons. The van der Waals surface area contributed by atoms with Crippen molar-refractivity contribution in [3.05, 3.63) is 58.4 Å². The maximum Gasteiger partial charge on any atom is 0.288 e. The second-order valence-electron chi connectivity index (χ2n) is 4.12. The predicted octanol–water partition coefficient (Wildman–Crippen LogP) is 0.998. The van der Waals surface area contributed by atoms with Crippen molar-refractivity contribution in [2.75, 3.05) is 5.73 Å². The minimum absolute atomic E-state index is 0.162. The van der Waals surface area contributed by atoms with E-state index in [0.717, 1.165) is 0 Å². The predicted molar refractivity (Wildman–Crippen MR) is 79.4 cm³/mol. The standard InChI is InChI=1S/C7H8N2O3S.C5H6N2O/c8-9-7(10)5-3-1-2-4-6(5)13(9,11)12;6-4-2-1-3-5(8)7-4/h1-4,11-12H,8H2;1-3H,(H3,6,7,8). The van der Waals surface area contributed by atoms with Gasteiger partial charge in [0.15, 0.2) is 0 Å². The van der Waals surface area contributed by atoms with Crippen molar-refractivity contribution < 1.29 is 13.9 Å². The number of carbonyl (C=O) groups is 1. The van der Waals surface area contributed by atoms with E-state index in [2.05, 4.69) is 4.98 Å². The molecule has 0 bridgehead atoms. The number of benzene rings is 1. The smallest absolute Gasteiger partial charge is 0.288 e. The van der Waals surface area contributed by atoms with Crippen molar-refractivity contribution >= 4 is 22.5 Å². The zero-order chi connectivity index (χ0) is 15.6. The highest BCUT2D eigenvalue weighted by atomic mass is 32.3. The van der Waals surface area contributed by atoms with Gasteiger partial charge >= 0.3 is 0 Å². The summed E-state index contributed by atoms with van der Waals surface area (Å²) >= 11 is 0. The highest BCUT2D eigenvalue weighted by Crippen LogP contribution is 2.56. The minimum atomic E-state index is -3.27. The normalized spacial score (nSPS) is 16.7. The van der Waals surface area contributed by atoms with Gasteiger partial charge in [-0.15, -0.1) is 0 Å². The SMILES string of the molecule is NN1C(=O)c2ccccc2S1(O)O.Nc1cccc(=O)[nH]1. The van der Waals surface area contributed by atoms with Crippen molar-refractivity contribution in [2.45, 2.75) is 4.90 Å². The van der Waals surface area contributed by atoms with Gasteiger partial charge in [0.05, 0.1) is 10.5 Å². The van der Waals surface area contributed by atoms with Crippen molar-refractivity contribution in [3.63, 3.8) is 0 Å². The first-order valence-corrected chi connectivity index (χ1v) is 7.26. The molecule has 0 saturated carbocycles. The number of nitrogens with two attached hydrogens (primary N) is 2. The molecule has 3 rings (SSSR count). The summed E-state index contributed by atoms with van der Waals surface area (Å²) < 4.78 is 19.5. The molecule has 1 aliphatic heterocycles. The first-order valence-electron chi connectivity index (χ1n) is 5.75. The lowest BCUT2D eigenvalue weighted by Gasteiger charge is -2.32. The highest BCUT2D eigenvalue weighted by molar-refractivity contribution is 8.23. The van der Waals surface area contributed by atoms with E-state index < -0.39 is 16.7 Å². The lowest BCUT2D eigenvalue weighted by Crippen LogP contribution is -2.33. The van der Waals surface area contributed by atoms with Gasteiger partial charge in [0, 0.05) is 6.07 Å². The van der Waals surface area contributed by atoms with Crippen LogP contribution < -0.4 is 17.1 Å². The summed E-state index contributed by atoms with van der Waals surface area (Å²) in [6.45, 7) is 0. The number of aromatic nitrogens is 1. The molecule has 21 heavy (non-hydrogen) atoms. The number of nitrogens with one attached hydrogen (secondary N) is 1. The van der Waals surface area contributed by atoms with E-state index in [4.69, 9.17) is 11.6 Å². The molecule has 0 aliphatic carbocycles. The number of carbonyl (C=O) groups excluding carboxylic acids is 1. The number of hydrazine groups is 1. The molecule has 0 unspecified atom stereocenters. The third-order valence-electron chi connectivity index (χ3n) is 2.68. The Bertz CT molecular complexity index is 731. The van der Waals surface area contributed by atoms with Crippen LogP contribution in [0.4, 0.5) is 5.82 Å². The minimum Gasteiger partial charge on any atom is -0.385 e. The molecule has 0 saturated heterocycles. The summed E-state index contributed by atoms with van der Waals surface area (Å²) in [4.78, 5) is 24.3. The van der Waals surface area contributed by atoms with Crippen LogP contribution in [0.25, 0.3) is 0 Å². The van der Waals surface area contributed by atoms with Gasteiger partial charge in [-0.25, -0.2) is 5.84 Å². The first kappa shape index (κ1) is 15.1. The third kappa shape index (κ3) is 2.90. The van der Waals surface area contributed by atoms with Crippen LogP contribution in [-0.4, -0.2) is 24.4 Å². The molecule has 9 heteroatoms. The Morgan fingerprint density at radius 1 is 1.05 bits per heavy atom. The Hall–Kier alpha value is -2.33. The molecule has 0 fully saturated rings. The fraction of sp³-hybridized carbons (Fsp3) is 0. The van der Waals surface area contributed by atoms with Crippen molar-refractivity contribution in [1.29, 1.82) is 0 Å². The quantitative estimate of drug-likeness (QED) is 0.362. The van der Waals surface area contributed by atoms with Gasteiger partial charge in [0.25, 0.3) is 5.91 Å². The maximum atomic E-state index is 11.3. The lowest BCUT2D eigenvalue weighted by molar-refractivity contribution is 0.0862. The van der Waals surface area contributed by atoms with Crippen molar-refractivity contribution in [1.82, 2.24) is 9.40 Å². The van der Waals surface area contributed by atoms with E-state index in [-0.39, 0.29) is 16.0 Å². The van der Waals surface area contributed by atoms with Gasteiger partial charge in [-0.3, -0.25) is 18.7 Å². The van der Waals surface area contributed by atoms with Crippen LogP contribution in [0.1, 0.15) is 10.4 Å². The van der Waals surface area contributed by atoms with Crippen LogP contribution >= 0.6 is 10.8 Å². The van der Waals surface area contributed by atoms with Crippen LogP contribution in [-0.2, 0) is 0 Å². The summed E-state index contributed by atoms with van der Waals surface area (Å²) in [5.74, 6) is 5.07. The van der Waals surface area contributed by atoms with Gasteiger partial charge in [-0.2, -0.15) is 4.41 Å². The molecule has 7 N–H and O–H groups in total. The number of fused-ring (bicyclic) bond motifs is 1. The summed E-state index contributed by atoms with van der Waals surface area (Å²) in [5.41, 5.74) is 5.30. The van der Waals surface area contributed by atoms with Crippen LogP contribution in [0.15, 0.2) is 52.2 Å². The number of anilines is 1. The molecule has 2 aromatic rings. The Kier molecular flexibility index (Phi) is 4.00. The van der Waals surface area contributed by atoms with E-state index >= 15 is 0 Å². The maximum absolute atomic E-state index is 11.3. The molecule has 1 aromatic heterocycles. The van der Waals surface area contributed by atoms with Gasteiger partial charge in [0.2, 0.25) is 5.56 Å². The largest absolute Gasteiger partial charge is 0.385 e. The zero-order valence-electron chi connectivity index (χ0n) is 10.8. The summed E-state index contributed by atoms with van der Waals surface area (Å²) in [6, 6.07) is 10.9. The van der Waals surface area contributed by atoms with Crippen LogP contribution in [0, 0.1) is 0 Å². The molecule has 1 amide bonds. The Morgan fingerprint density at radius 3 is 2.24 bits per heavy atom. The Morgan fingerprint density at radius 2 is 1.71 bits per heavy atom. The molecule has 1 aliphatic rings. The molecule has 8 nitrogen and oxygen atoms in total. The average molecular weight is 310 g/mol. The Balaban J connectivity index is 0.000000173. The molecule has 2 heterocycles. The first-order chi connectivity index (χ1) is 9.84. The molecule has 0 atom stereocenters. The van der Waals surface area contributed by atoms with Crippen molar-refractivity contribution in [2.24, 2.45) is 5.84 Å². The number of hydrogen-bond acceptors (Lipinski definition) is 6. The molecule has 0 radical (unpaired) electrons. The van der Waals surface area contributed by atoms with Crippen LogP contribution in [0.3, 0.4) is 0 Å². The second kappa shape index (κ2) is 5.58. The van der Waals surface area contributed by atoms with Crippen LogP contribution in [0.2, 0.25) is 0 Å². The molecule has 0 spiro atoms. The van der Waals surface area contributed by atoms with E-state index in [1.54, 1.807) is 24.3 Å². The molecular weight excluding hydrogens is 296 g/mol. The van der Waals surface area contributed by atoms with Gasteiger partial charge in [0.1, 0.15) is 5.82 Å². The average Bonchev–Trinajstić information content (AvgIpc) is 2.62. The number of H-pyrrole nitrogens is 1. The molecular formula is C12H14N4O4S. The van der Waals surface area contributed by atoms with Gasteiger partial charge in [-0.05, 0) is 18.2 Å². The Labute approximate surface area is 121 Å². The zero-order valence-corrected chi connectivity index (χ0v) is 11.6. The van der Waals surface area contributed by atoms with Gasteiger partial charge < -0.3 is 10.7 Å². The number of nitrogens with zero attached hydrogens (tertiary/aromatic N) is 1. The number of hydrogen-bond donors (Lipinski definition) is 5. The molecule has 1 aromatic carbocycles. The number of amides is 1. The van der Waals surface area contributed by atoms with Crippen molar-refractivity contribution in [3.8, 4) is 0 Å². The fourth-order valence-electron chi connectivity index (χ4n) is 1.69. The number of rotatable bonds is 0. The monoisotopic (exact) mass is 310 g/mol. The number of nitrogen functional groups attached to an aromatic ring is 1. The van der Waals surface area contributed by atoms with Gasteiger partial charge in [-0.1, -0.05) is 29.0 Å². The summed E-state index contributed by atoms with van der Waals surface area (Å²) in [6.07, 6.45) is 0. The summed E-state index contributed by atoms with van der Waals surface area (Å²) in [5, 5.41) is 0. The second-order valence-corrected chi connectivity index (χ2v) is 5.99. The van der Waals surface area contributed by atoms with E-state index in [1.165, 1.54) is 18.2 Å². The third-order valence-corrected chi connectivity index (χ3v) is 4.34. The topological polar surface area (TPSA) is 146 Å². The number of pyridine rings is 1. The number of aromatic amines is 1. The van der Waals surface area contributed by atoms with E-state index in [1.807, 2.05) is 0 Å².